The second-order valence-electron chi connectivity index (χ2n) is 3.41. The van der Waals surface area contributed by atoms with Crippen LogP contribution in [-0.2, 0) is 19.9 Å². The van der Waals surface area contributed by atoms with Crippen molar-refractivity contribution in [2.24, 2.45) is 0 Å². The first kappa shape index (κ1) is 14.5. The summed E-state index contributed by atoms with van der Waals surface area (Å²) in [6.07, 6.45) is 0. The summed E-state index contributed by atoms with van der Waals surface area (Å²) in [5, 5.41) is 0. The summed E-state index contributed by atoms with van der Waals surface area (Å²) in [5.41, 5.74) is -2.11. The summed E-state index contributed by atoms with van der Waals surface area (Å²) in [4.78, 5) is 36.7. The molecule has 0 aromatic carbocycles. The van der Waals surface area contributed by atoms with Crippen LogP contribution in [0.3, 0.4) is 0 Å². The second kappa shape index (κ2) is 4.96. The predicted octanol–water partition coefficient (Wildman–Crippen LogP) is -1.31. The standard InChI is InChI=1S/C5H13NO7P2S/c7-14(8,9)5(15(10,11)12)6-1-3-16(13)4-2-6/h5H,1-4H2,(H2,7,8,9)(H2,10,11,12). The molecule has 0 bridgehead atoms. The maximum atomic E-state index is 11.0. The monoisotopic (exact) mass is 293 g/mol. The minimum absolute atomic E-state index is 0.00744. The Labute approximate surface area is 94.4 Å². The van der Waals surface area contributed by atoms with Gasteiger partial charge in [-0.15, -0.1) is 0 Å². The van der Waals surface area contributed by atoms with Gasteiger partial charge in [0.05, 0.1) is 0 Å². The van der Waals surface area contributed by atoms with Gasteiger partial charge in [0.15, 0.2) is 0 Å². The van der Waals surface area contributed by atoms with E-state index >= 15 is 0 Å². The first-order chi connectivity index (χ1) is 7.12. The van der Waals surface area contributed by atoms with E-state index in [1.807, 2.05) is 0 Å². The molecule has 4 N–H and O–H groups in total. The Morgan fingerprint density at radius 3 is 1.69 bits per heavy atom. The van der Waals surface area contributed by atoms with Crippen LogP contribution in [0.1, 0.15) is 0 Å². The molecule has 0 saturated carbocycles. The van der Waals surface area contributed by atoms with E-state index in [1.165, 1.54) is 0 Å². The molecule has 1 heterocycles. The van der Waals surface area contributed by atoms with Gasteiger partial charge in [0.1, 0.15) is 0 Å². The van der Waals surface area contributed by atoms with Gasteiger partial charge in [-0.05, 0) is 0 Å². The third-order valence-electron chi connectivity index (χ3n) is 2.14. The SMILES string of the molecule is O=S1CCN(C(P(=O)(O)O)P(=O)(O)O)CC1. The zero-order chi connectivity index (χ0) is 12.6. The predicted molar refractivity (Wildman–Crippen MR) is 57.3 cm³/mol. The molecule has 1 rings (SSSR count). The summed E-state index contributed by atoms with van der Waals surface area (Å²) >= 11 is 0. The van der Waals surface area contributed by atoms with E-state index in [2.05, 4.69) is 0 Å². The topological polar surface area (TPSA) is 135 Å². The molecular formula is C5H13NO7P2S. The fourth-order valence-electron chi connectivity index (χ4n) is 1.50. The lowest BCUT2D eigenvalue weighted by atomic mass is 10.5. The average molecular weight is 293 g/mol. The van der Waals surface area contributed by atoms with Gasteiger partial charge in [-0.2, -0.15) is 0 Å². The molecule has 0 aromatic rings. The van der Waals surface area contributed by atoms with E-state index < -0.39 is 31.5 Å². The molecule has 0 radical (unpaired) electrons. The summed E-state index contributed by atoms with van der Waals surface area (Å²) in [6, 6.07) is 0. The summed E-state index contributed by atoms with van der Waals surface area (Å²) in [5.74, 6) is 0.326. The zero-order valence-corrected chi connectivity index (χ0v) is 10.8. The zero-order valence-electron chi connectivity index (χ0n) is 8.17. The van der Waals surface area contributed by atoms with Crippen molar-refractivity contribution in [3.8, 4) is 0 Å². The fraction of sp³-hybridized carbons (Fsp3) is 1.00. The van der Waals surface area contributed by atoms with Gasteiger partial charge in [-0.1, -0.05) is 0 Å². The molecule has 8 nitrogen and oxygen atoms in total. The van der Waals surface area contributed by atoms with Gasteiger partial charge in [0.25, 0.3) is 0 Å². The van der Waals surface area contributed by atoms with Crippen molar-refractivity contribution in [3.63, 3.8) is 0 Å². The molecule has 0 amide bonds. The molecule has 1 aliphatic heterocycles. The first-order valence-electron chi connectivity index (χ1n) is 4.32. The average Bonchev–Trinajstić information content (AvgIpc) is 2.03. The van der Waals surface area contributed by atoms with Crippen LogP contribution in [0.2, 0.25) is 0 Å². The van der Waals surface area contributed by atoms with Gasteiger partial charge in [-0.25, -0.2) is 0 Å². The van der Waals surface area contributed by atoms with Gasteiger partial charge < -0.3 is 19.6 Å². The molecule has 0 unspecified atom stereocenters. The van der Waals surface area contributed by atoms with Gasteiger partial charge in [-0.3, -0.25) is 18.2 Å². The molecule has 0 spiro atoms. The Morgan fingerprint density at radius 1 is 1.00 bits per heavy atom. The van der Waals surface area contributed by atoms with Crippen molar-refractivity contribution in [1.29, 1.82) is 0 Å². The van der Waals surface area contributed by atoms with Crippen molar-refractivity contribution < 1.29 is 32.9 Å². The number of hydrogen-bond acceptors (Lipinski definition) is 4. The molecule has 1 fully saturated rings. The van der Waals surface area contributed by atoms with E-state index in [0.29, 0.717) is 0 Å². The van der Waals surface area contributed by atoms with Gasteiger partial charge in [0.2, 0.25) is 5.52 Å². The Kier molecular flexibility index (Phi) is 4.48. The van der Waals surface area contributed by atoms with Crippen LogP contribution >= 0.6 is 15.2 Å². The van der Waals surface area contributed by atoms with Crippen molar-refractivity contribution in [3.05, 3.63) is 0 Å². The van der Waals surface area contributed by atoms with Crippen molar-refractivity contribution in [2.45, 2.75) is 5.52 Å². The van der Waals surface area contributed by atoms with Gasteiger partial charge >= 0.3 is 15.2 Å². The lowest BCUT2D eigenvalue weighted by Crippen LogP contribution is -2.44. The summed E-state index contributed by atoms with van der Waals surface area (Å²) in [7, 11) is -10.9. The van der Waals surface area contributed by atoms with E-state index in [-0.39, 0.29) is 24.6 Å². The van der Waals surface area contributed by atoms with E-state index in [9.17, 15) is 13.3 Å². The Balaban J connectivity index is 2.91. The second-order valence-corrected chi connectivity index (χ2v) is 8.85. The molecule has 96 valence electrons. The molecular weight excluding hydrogens is 280 g/mol. The van der Waals surface area contributed by atoms with Crippen LogP contribution < -0.4 is 0 Å². The largest absolute Gasteiger partial charge is 0.354 e. The van der Waals surface area contributed by atoms with Crippen LogP contribution in [0, 0.1) is 0 Å². The third kappa shape index (κ3) is 3.72. The lowest BCUT2D eigenvalue weighted by Gasteiger charge is -2.34. The molecule has 1 saturated heterocycles. The first-order valence-corrected chi connectivity index (χ1v) is 9.17. The summed E-state index contributed by atoms with van der Waals surface area (Å²) < 4.78 is 33.1. The van der Waals surface area contributed by atoms with E-state index in [4.69, 9.17) is 19.6 Å². The smallest absolute Gasteiger partial charge is 0.323 e. The van der Waals surface area contributed by atoms with Crippen LogP contribution in [-0.4, -0.2) is 58.8 Å². The molecule has 0 aliphatic carbocycles. The third-order valence-corrected chi connectivity index (χ3v) is 7.08. The quantitative estimate of drug-likeness (QED) is 0.471. The number of rotatable bonds is 3. The molecule has 0 atom stereocenters. The maximum absolute atomic E-state index is 11.0. The summed E-state index contributed by atoms with van der Waals surface area (Å²) in [6.45, 7) is 0.0149. The highest BCUT2D eigenvalue weighted by Gasteiger charge is 2.48. The Bertz CT molecular complexity index is 343. The molecule has 11 heteroatoms. The normalized spacial score (nSPS) is 21.6. The minimum Gasteiger partial charge on any atom is -0.323 e. The Hall–Kier alpha value is 0.410. The molecule has 0 aromatic heterocycles. The van der Waals surface area contributed by atoms with Gasteiger partial charge in [0, 0.05) is 35.4 Å². The minimum atomic E-state index is -4.92. The number of hydrogen-bond donors (Lipinski definition) is 4. The lowest BCUT2D eigenvalue weighted by molar-refractivity contribution is 0.238. The van der Waals surface area contributed by atoms with Crippen LogP contribution in [0.5, 0.6) is 0 Å². The maximum Gasteiger partial charge on any atom is 0.354 e. The van der Waals surface area contributed by atoms with E-state index in [0.717, 1.165) is 4.90 Å². The Morgan fingerprint density at radius 2 is 1.38 bits per heavy atom. The van der Waals surface area contributed by atoms with Crippen LogP contribution in [0.4, 0.5) is 0 Å². The molecule has 16 heavy (non-hydrogen) atoms. The van der Waals surface area contributed by atoms with Crippen molar-refractivity contribution in [2.75, 3.05) is 24.6 Å². The molecule has 1 aliphatic rings. The van der Waals surface area contributed by atoms with Crippen molar-refractivity contribution in [1.82, 2.24) is 4.90 Å². The highest BCUT2D eigenvalue weighted by Crippen LogP contribution is 2.61. The van der Waals surface area contributed by atoms with Crippen molar-refractivity contribution >= 4 is 26.0 Å². The highest BCUT2D eigenvalue weighted by molar-refractivity contribution is 7.85. The highest BCUT2D eigenvalue weighted by atomic mass is 32.2. The van der Waals surface area contributed by atoms with Crippen LogP contribution in [0.15, 0.2) is 0 Å². The van der Waals surface area contributed by atoms with E-state index in [1.54, 1.807) is 0 Å². The number of nitrogens with zero attached hydrogens (tertiary/aromatic N) is 1. The van der Waals surface area contributed by atoms with Crippen LogP contribution in [0.25, 0.3) is 0 Å². The fourth-order valence-corrected chi connectivity index (χ4v) is 5.47.